The molecule has 0 aliphatic carbocycles. The fraction of sp³-hybridized carbons (Fsp3) is 0.400. The summed E-state index contributed by atoms with van der Waals surface area (Å²) in [6.45, 7) is 5.05. The fourth-order valence-corrected chi connectivity index (χ4v) is 1.89. The topological polar surface area (TPSA) is 46.2 Å². The van der Waals surface area contributed by atoms with Crippen molar-refractivity contribution in [3.63, 3.8) is 0 Å². The lowest BCUT2D eigenvalue weighted by Gasteiger charge is -2.23. The molecule has 4 heteroatoms. The van der Waals surface area contributed by atoms with Crippen molar-refractivity contribution in [1.29, 1.82) is 0 Å². The lowest BCUT2D eigenvalue weighted by atomic mass is 9.90. The highest BCUT2D eigenvalue weighted by atomic mass is 79.9. The Morgan fingerprint density at radius 2 is 2.00 bits per heavy atom. The predicted octanol–water partition coefficient (Wildman–Crippen LogP) is 2.80. The van der Waals surface area contributed by atoms with Crippen LogP contribution in [0.5, 0.6) is 5.75 Å². The minimum absolute atomic E-state index is 0.0106. The first kappa shape index (κ1) is 11.5. The molecule has 0 heterocycles. The average Bonchev–Trinajstić information content (AvgIpc) is 1.98. The molecule has 0 saturated carbocycles. The van der Waals surface area contributed by atoms with Crippen LogP contribution in [-0.4, -0.2) is 5.11 Å². The van der Waals surface area contributed by atoms with Gasteiger partial charge in [0.05, 0.1) is 4.47 Å². The Morgan fingerprint density at radius 3 is 2.43 bits per heavy atom. The molecule has 0 atom stereocenters. The van der Waals surface area contributed by atoms with E-state index in [0.29, 0.717) is 15.6 Å². The summed E-state index contributed by atoms with van der Waals surface area (Å²) in [4.78, 5) is 0. The Labute approximate surface area is 91.1 Å². The van der Waals surface area contributed by atoms with Crippen LogP contribution < -0.4 is 5.73 Å². The zero-order valence-corrected chi connectivity index (χ0v) is 9.94. The summed E-state index contributed by atoms with van der Waals surface area (Å²) in [5, 5.41) is 9.74. The van der Waals surface area contributed by atoms with Gasteiger partial charge in [0.15, 0.2) is 0 Å². The van der Waals surface area contributed by atoms with Crippen molar-refractivity contribution in [1.82, 2.24) is 0 Å². The number of benzene rings is 1. The second-order valence-electron chi connectivity index (χ2n) is 3.91. The summed E-state index contributed by atoms with van der Waals surface area (Å²) >= 11 is 3.08. The van der Waals surface area contributed by atoms with Gasteiger partial charge in [0.1, 0.15) is 11.6 Å². The van der Waals surface area contributed by atoms with Gasteiger partial charge in [-0.25, -0.2) is 4.39 Å². The first-order chi connectivity index (χ1) is 6.25. The van der Waals surface area contributed by atoms with E-state index in [9.17, 15) is 9.50 Å². The molecule has 1 aromatic rings. The molecule has 0 bridgehead atoms. The molecule has 2 nitrogen and oxygen atoms in total. The van der Waals surface area contributed by atoms with Crippen molar-refractivity contribution in [2.45, 2.75) is 26.3 Å². The van der Waals surface area contributed by atoms with Crippen molar-refractivity contribution in [3.05, 3.63) is 27.5 Å². The third kappa shape index (κ3) is 1.91. The Morgan fingerprint density at radius 1 is 1.50 bits per heavy atom. The number of phenolic OH excluding ortho intramolecular Hbond substituents is 1. The van der Waals surface area contributed by atoms with Crippen molar-refractivity contribution < 1.29 is 9.50 Å². The Bertz CT molecular complexity index is 345. The third-order valence-electron chi connectivity index (χ3n) is 2.09. The highest BCUT2D eigenvalue weighted by molar-refractivity contribution is 9.10. The van der Waals surface area contributed by atoms with E-state index in [-0.39, 0.29) is 11.6 Å². The number of hydrogen-bond donors (Lipinski definition) is 2. The molecule has 0 aliphatic rings. The van der Waals surface area contributed by atoms with Crippen LogP contribution in [0.4, 0.5) is 4.39 Å². The number of nitrogens with two attached hydrogens (primary N) is 1. The zero-order valence-electron chi connectivity index (χ0n) is 8.36. The Balaban J connectivity index is 3.56. The average molecular weight is 262 g/mol. The molecule has 0 saturated heterocycles. The van der Waals surface area contributed by atoms with Gasteiger partial charge in [-0.3, -0.25) is 0 Å². The minimum Gasteiger partial charge on any atom is -0.506 e. The summed E-state index contributed by atoms with van der Waals surface area (Å²) in [6.07, 6.45) is 0. The Hall–Kier alpha value is -0.610. The quantitative estimate of drug-likeness (QED) is 0.817. The smallest absolute Gasteiger partial charge is 0.135 e. The lowest BCUT2D eigenvalue weighted by molar-refractivity contribution is 0.431. The molecule has 0 amide bonds. The first-order valence-corrected chi connectivity index (χ1v) is 5.01. The van der Waals surface area contributed by atoms with Crippen LogP contribution >= 0.6 is 15.9 Å². The Kier molecular flexibility index (Phi) is 2.88. The SMILES string of the molecule is Cc1c(F)cc(Br)c(O)c1C(C)(C)N. The number of aromatic hydroxyl groups is 1. The normalized spacial score (nSPS) is 11.9. The first-order valence-electron chi connectivity index (χ1n) is 4.22. The molecule has 0 aromatic heterocycles. The van der Waals surface area contributed by atoms with E-state index in [0.717, 1.165) is 0 Å². The summed E-state index contributed by atoms with van der Waals surface area (Å²) in [5.74, 6) is -0.361. The van der Waals surface area contributed by atoms with Crippen LogP contribution in [0.15, 0.2) is 10.5 Å². The van der Waals surface area contributed by atoms with E-state index in [1.165, 1.54) is 6.07 Å². The molecule has 0 radical (unpaired) electrons. The van der Waals surface area contributed by atoms with E-state index >= 15 is 0 Å². The summed E-state index contributed by atoms with van der Waals surface area (Å²) in [7, 11) is 0. The van der Waals surface area contributed by atoms with Gasteiger partial charge in [0.2, 0.25) is 0 Å². The van der Waals surface area contributed by atoms with Crippen LogP contribution in [0.2, 0.25) is 0 Å². The maximum Gasteiger partial charge on any atom is 0.135 e. The molecule has 1 aromatic carbocycles. The van der Waals surface area contributed by atoms with Crippen LogP contribution in [-0.2, 0) is 5.54 Å². The molecule has 0 spiro atoms. The number of halogens is 2. The van der Waals surface area contributed by atoms with Gasteiger partial charge < -0.3 is 10.8 Å². The van der Waals surface area contributed by atoms with E-state index < -0.39 is 5.54 Å². The monoisotopic (exact) mass is 261 g/mol. The third-order valence-corrected chi connectivity index (χ3v) is 2.70. The summed E-state index contributed by atoms with van der Waals surface area (Å²) in [5.41, 5.74) is 5.91. The number of rotatable bonds is 1. The second-order valence-corrected chi connectivity index (χ2v) is 4.76. The fourth-order valence-electron chi connectivity index (χ4n) is 1.49. The standard InChI is InChI=1S/C10H13BrFNO/c1-5-7(12)4-6(11)9(14)8(5)10(2,3)13/h4,14H,13H2,1-3H3. The van der Waals surface area contributed by atoms with Gasteiger partial charge in [-0.1, -0.05) is 0 Å². The van der Waals surface area contributed by atoms with Crippen LogP contribution in [0.1, 0.15) is 25.0 Å². The molecule has 78 valence electrons. The molecule has 0 fully saturated rings. The maximum absolute atomic E-state index is 13.4. The maximum atomic E-state index is 13.4. The van der Waals surface area contributed by atoms with Crippen molar-refractivity contribution in [2.75, 3.05) is 0 Å². The summed E-state index contributed by atoms with van der Waals surface area (Å²) in [6, 6.07) is 1.24. The van der Waals surface area contributed by atoms with E-state index in [1.54, 1.807) is 20.8 Å². The van der Waals surface area contributed by atoms with E-state index in [4.69, 9.17) is 5.73 Å². The predicted molar refractivity (Wildman–Crippen MR) is 57.7 cm³/mol. The van der Waals surface area contributed by atoms with Crippen LogP contribution in [0.25, 0.3) is 0 Å². The zero-order chi connectivity index (χ0) is 11.1. The summed E-state index contributed by atoms with van der Waals surface area (Å²) < 4.78 is 13.7. The highest BCUT2D eigenvalue weighted by Crippen LogP contribution is 2.37. The van der Waals surface area contributed by atoms with Crippen molar-refractivity contribution >= 4 is 15.9 Å². The van der Waals surface area contributed by atoms with Crippen LogP contribution in [0.3, 0.4) is 0 Å². The largest absolute Gasteiger partial charge is 0.506 e. The molecular weight excluding hydrogens is 249 g/mol. The molecule has 0 unspecified atom stereocenters. The van der Waals surface area contributed by atoms with E-state index in [2.05, 4.69) is 15.9 Å². The van der Waals surface area contributed by atoms with Gasteiger partial charge in [-0.2, -0.15) is 0 Å². The second kappa shape index (κ2) is 3.51. The van der Waals surface area contributed by atoms with Gasteiger partial charge in [-0.15, -0.1) is 0 Å². The van der Waals surface area contributed by atoms with Gasteiger partial charge in [0, 0.05) is 11.1 Å². The number of phenols is 1. The van der Waals surface area contributed by atoms with Crippen LogP contribution in [0, 0.1) is 12.7 Å². The van der Waals surface area contributed by atoms with Crippen molar-refractivity contribution in [3.8, 4) is 5.75 Å². The van der Waals surface area contributed by atoms with Gasteiger partial charge >= 0.3 is 0 Å². The number of hydrogen-bond acceptors (Lipinski definition) is 2. The van der Waals surface area contributed by atoms with Crippen molar-refractivity contribution in [2.24, 2.45) is 5.73 Å². The lowest BCUT2D eigenvalue weighted by Crippen LogP contribution is -2.30. The molecule has 3 N–H and O–H groups in total. The molecule has 0 aliphatic heterocycles. The molecule has 14 heavy (non-hydrogen) atoms. The van der Waals surface area contributed by atoms with E-state index in [1.807, 2.05) is 0 Å². The minimum atomic E-state index is -0.765. The molecule has 1 rings (SSSR count). The van der Waals surface area contributed by atoms with Gasteiger partial charge in [-0.05, 0) is 48.3 Å². The molecular formula is C10H13BrFNO. The van der Waals surface area contributed by atoms with Gasteiger partial charge in [0.25, 0.3) is 0 Å². The highest BCUT2D eigenvalue weighted by Gasteiger charge is 2.24.